The molecule has 0 aliphatic rings. The normalized spacial score (nSPS) is 11.8. The first-order chi connectivity index (χ1) is 9.56. The van der Waals surface area contributed by atoms with E-state index in [4.69, 9.17) is 4.43 Å². The van der Waals surface area contributed by atoms with Crippen LogP contribution in [0, 0.1) is 6.92 Å². The second kappa shape index (κ2) is 6.48. The summed E-state index contributed by atoms with van der Waals surface area (Å²) in [5.74, 6) is 0.852. The summed E-state index contributed by atoms with van der Waals surface area (Å²) in [4.78, 5) is 9.01. The SMILES string of the molecule is CC(=Nc1cc(C)ccc1O[Si](C)C)c1ccccn1. The highest BCUT2D eigenvalue weighted by molar-refractivity contribution is 6.49. The van der Waals surface area contributed by atoms with Crippen LogP contribution in [-0.4, -0.2) is 19.7 Å². The molecule has 0 spiro atoms. The molecule has 4 heteroatoms. The number of hydrogen-bond acceptors (Lipinski definition) is 3. The van der Waals surface area contributed by atoms with Gasteiger partial charge in [-0.15, -0.1) is 0 Å². The average Bonchev–Trinajstić information content (AvgIpc) is 2.42. The highest BCUT2D eigenvalue weighted by Crippen LogP contribution is 2.29. The number of hydrogen-bond donors (Lipinski definition) is 0. The molecule has 0 saturated heterocycles. The standard InChI is InChI=1S/C16H19N2OSi/c1-12-8-9-16(19-20(3)4)15(11-12)18-13(2)14-7-5-6-10-17-14/h5-11H,1-4H3. The number of rotatable bonds is 4. The predicted molar refractivity (Wildman–Crippen MR) is 85.4 cm³/mol. The summed E-state index contributed by atoms with van der Waals surface area (Å²) in [7, 11) is -0.806. The summed E-state index contributed by atoms with van der Waals surface area (Å²) >= 11 is 0. The molecule has 0 N–H and O–H groups in total. The van der Waals surface area contributed by atoms with Gasteiger partial charge in [0.15, 0.2) is 0 Å². The van der Waals surface area contributed by atoms with Gasteiger partial charge in [-0.1, -0.05) is 12.1 Å². The Morgan fingerprint density at radius 2 is 2.00 bits per heavy atom. The van der Waals surface area contributed by atoms with Crippen LogP contribution in [0.3, 0.4) is 0 Å². The van der Waals surface area contributed by atoms with Gasteiger partial charge in [-0.3, -0.25) is 4.98 Å². The third-order valence-corrected chi connectivity index (χ3v) is 3.38. The quantitative estimate of drug-likeness (QED) is 0.623. The van der Waals surface area contributed by atoms with E-state index in [1.54, 1.807) is 6.20 Å². The first kappa shape index (κ1) is 14.5. The van der Waals surface area contributed by atoms with Crippen LogP contribution in [0.2, 0.25) is 13.1 Å². The van der Waals surface area contributed by atoms with E-state index >= 15 is 0 Å². The van der Waals surface area contributed by atoms with Crippen LogP contribution in [0.4, 0.5) is 5.69 Å². The molecule has 103 valence electrons. The van der Waals surface area contributed by atoms with E-state index in [1.165, 1.54) is 5.56 Å². The number of pyridine rings is 1. The van der Waals surface area contributed by atoms with Gasteiger partial charge < -0.3 is 4.43 Å². The fourth-order valence-corrected chi connectivity index (χ4v) is 2.45. The van der Waals surface area contributed by atoms with Gasteiger partial charge in [0.2, 0.25) is 0 Å². The molecular weight excluding hydrogens is 264 g/mol. The predicted octanol–water partition coefficient (Wildman–Crippen LogP) is 4.16. The van der Waals surface area contributed by atoms with Crippen molar-refractivity contribution in [1.29, 1.82) is 0 Å². The Morgan fingerprint density at radius 3 is 2.65 bits per heavy atom. The highest BCUT2D eigenvalue weighted by atomic mass is 28.3. The third-order valence-electron chi connectivity index (χ3n) is 2.75. The van der Waals surface area contributed by atoms with Crippen molar-refractivity contribution in [3.63, 3.8) is 0 Å². The highest BCUT2D eigenvalue weighted by Gasteiger charge is 2.08. The van der Waals surface area contributed by atoms with Gasteiger partial charge in [-0.05, 0) is 56.8 Å². The Balaban J connectivity index is 2.39. The van der Waals surface area contributed by atoms with Crippen LogP contribution in [-0.2, 0) is 0 Å². The van der Waals surface area contributed by atoms with E-state index in [2.05, 4.69) is 36.1 Å². The minimum atomic E-state index is -0.806. The van der Waals surface area contributed by atoms with Crippen molar-refractivity contribution < 1.29 is 4.43 Å². The van der Waals surface area contributed by atoms with Crippen LogP contribution in [0.5, 0.6) is 5.75 Å². The number of nitrogens with zero attached hydrogens (tertiary/aromatic N) is 2. The van der Waals surface area contributed by atoms with Crippen molar-refractivity contribution in [2.24, 2.45) is 4.99 Å². The summed E-state index contributed by atoms with van der Waals surface area (Å²) in [6.45, 7) is 8.26. The van der Waals surface area contributed by atoms with Gasteiger partial charge in [0.1, 0.15) is 11.4 Å². The first-order valence-electron chi connectivity index (χ1n) is 6.61. The summed E-state index contributed by atoms with van der Waals surface area (Å²) in [5, 5.41) is 0. The molecule has 1 radical (unpaired) electrons. The fourth-order valence-electron chi connectivity index (χ4n) is 1.84. The number of aromatic nitrogens is 1. The monoisotopic (exact) mass is 283 g/mol. The second-order valence-electron chi connectivity index (χ2n) is 4.89. The van der Waals surface area contributed by atoms with Gasteiger partial charge in [0.25, 0.3) is 9.04 Å². The maximum absolute atomic E-state index is 5.91. The molecule has 0 saturated carbocycles. The van der Waals surface area contributed by atoms with Crippen LogP contribution in [0.15, 0.2) is 47.6 Å². The van der Waals surface area contributed by atoms with Crippen LogP contribution in [0.25, 0.3) is 0 Å². The zero-order chi connectivity index (χ0) is 14.5. The van der Waals surface area contributed by atoms with Crippen molar-refractivity contribution >= 4 is 20.4 Å². The maximum atomic E-state index is 5.91. The minimum absolute atomic E-state index is 0.806. The maximum Gasteiger partial charge on any atom is 0.274 e. The molecule has 0 aliphatic heterocycles. The van der Waals surface area contributed by atoms with E-state index in [0.717, 1.165) is 22.8 Å². The van der Waals surface area contributed by atoms with E-state index < -0.39 is 9.04 Å². The van der Waals surface area contributed by atoms with Crippen LogP contribution >= 0.6 is 0 Å². The summed E-state index contributed by atoms with van der Waals surface area (Å²) in [6, 6.07) is 11.9. The van der Waals surface area contributed by atoms with Crippen molar-refractivity contribution in [2.45, 2.75) is 26.9 Å². The molecule has 2 rings (SSSR count). The zero-order valence-corrected chi connectivity index (χ0v) is 13.3. The molecule has 20 heavy (non-hydrogen) atoms. The lowest BCUT2D eigenvalue weighted by Crippen LogP contribution is -2.11. The Morgan fingerprint density at radius 1 is 1.20 bits per heavy atom. The lowest BCUT2D eigenvalue weighted by atomic mass is 10.2. The number of aliphatic imine (C=N–C) groups is 1. The van der Waals surface area contributed by atoms with Gasteiger partial charge in [-0.25, -0.2) is 4.99 Å². The minimum Gasteiger partial charge on any atom is -0.541 e. The van der Waals surface area contributed by atoms with Crippen molar-refractivity contribution in [1.82, 2.24) is 4.98 Å². The van der Waals surface area contributed by atoms with Crippen molar-refractivity contribution in [3.05, 3.63) is 53.9 Å². The molecule has 1 heterocycles. The summed E-state index contributed by atoms with van der Waals surface area (Å²) in [5.41, 5.74) is 3.82. The molecule has 0 amide bonds. The van der Waals surface area contributed by atoms with E-state index in [9.17, 15) is 0 Å². The van der Waals surface area contributed by atoms with Gasteiger partial charge in [-0.2, -0.15) is 0 Å². The lowest BCUT2D eigenvalue weighted by Gasteiger charge is -2.12. The second-order valence-corrected chi connectivity index (χ2v) is 6.91. The van der Waals surface area contributed by atoms with E-state index in [0.29, 0.717) is 0 Å². The van der Waals surface area contributed by atoms with Crippen LogP contribution < -0.4 is 4.43 Å². The van der Waals surface area contributed by atoms with Gasteiger partial charge in [0, 0.05) is 6.20 Å². The molecular formula is C16H19N2OSi. The summed E-state index contributed by atoms with van der Waals surface area (Å²) in [6.07, 6.45) is 1.78. The molecule has 0 aliphatic carbocycles. The first-order valence-corrected chi connectivity index (χ1v) is 9.02. The Labute approximate surface area is 122 Å². The Bertz CT molecular complexity index is 609. The number of aryl methyl sites for hydroxylation is 1. The lowest BCUT2D eigenvalue weighted by molar-refractivity contribution is 0.582. The topological polar surface area (TPSA) is 34.5 Å². The fraction of sp³-hybridized carbons (Fsp3) is 0.250. The zero-order valence-electron chi connectivity index (χ0n) is 12.3. The van der Waals surface area contributed by atoms with Crippen molar-refractivity contribution in [2.75, 3.05) is 0 Å². The largest absolute Gasteiger partial charge is 0.541 e. The van der Waals surface area contributed by atoms with E-state index in [-0.39, 0.29) is 0 Å². The Kier molecular flexibility index (Phi) is 4.68. The van der Waals surface area contributed by atoms with Crippen molar-refractivity contribution in [3.8, 4) is 5.75 Å². The third kappa shape index (κ3) is 3.77. The smallest absolute Gasteiger partial charge is 0.274 e. The van der Waals surface area contributed by atoms with Gasteiger partial charge in [0.05, 0.1) is 11.4 Å². The molecule has 3 nitrogen and oxygen atoms in total. The average molecular weight is 283 g/mol. The molecule has 0 fully saturated rings. The molecule has 2 aromatic rings. The van der Waals surface area contributed by atoms with Crippen LogP contribution in [0.1, 0.15) is 18.2 Å². The Hall–Kier alpha value is -1.94. The van der Waals surface area contributed by atoms with E-state index in [1.807, 2.05) is 37.3 Å². The molecule has 0 bridgehead atoms. The molecule has 0 unspecified atom stereocenters. The van der Waals surface area contributed by atoms with Gasteiger partial charge >= 0.3 is 0 Å². The molecule has 1 aromatic heterocycles. The molecule has 0 atom stereocenters. The molecule has 1 aromatic carbocycles. The number of benzene rings is 1. The summed E-state index contributed by atoms with van der Waals surface area (Å²) < 4.78 is 5.91.